The monoisotopic (exact) mass is 249 g/mol. The van der Waals surface area contributed by atoms with Crippen LogP contribution in [0.25, 0.3) is 0 Å². The van der Waals surface area contributed by atoms with Gasteiger partial charge in [-0.15, -0.1) is 0 Å². The van der Waals surface area contributed by atoms with Crippen molar-refractivity contribution >= 4 is 0 Å². The average molecular weight is 249 g/mol. The Labute approximate surface area is 95.6 Å². The molecule has 0 radical (unpaired) electrons. The number of ether oxygens (including phenoxy) is 1. The highest BCUT2D eigenvalue weighted by atomic mass is 19.4. The highest BCUT2D eigenvalue weighted by Crippen LogP contribution is 2.32. The van der Waals surface area contributed by atoms with E-state index >= 15 is 0 Å². The standard InChI is InChI=1S/C11H11F4NO/c12-9-2-1-7(11(13,14)15)5-8(9)10-6-16-3-4-17-10/h1-2,5,10,16H,3-4,6H2. The topological polar surface area (TPSA) is 21.3 Å². The zero-order valence-corrected chi connectivity index (χ0v) is 8.85. The molecule has 1 heterocycles. The summed E-state index contributed by atoms with van der Waals surface area (Å²) in [5.74, 6) is -0.674. The lowest BCUT2D eigenvalue weighted by Gasteiger charge is -2.24. The zero-order valence-electron chi connectivity index (χ0n) is 8.85. The van der Waals surface area contributed by atoms with Gasteiger partial charge in [0.05, 0.1) is 18.3 Å². The van der Waals surface area contributed by atoms with Crippen LogP contribution in [0.5, 0.6) is 0 Å². The molecule has 2 nitrogen and oxygen atoms in total. The summed E-state index contributed by atoms with van der Waals surface area (Å²) < 4.78 is 56.2. The molecule has 0 amide bonds. The van der Waals surface area contributed by atoms with Crippen LogP contribution in [-0.4, -0.2) is 19.7 Å². The maximum absolute atomic E-state index is 13.5. The van der Waals surface area contributed by atoms with Crippen LogP contribution in [0, 0.1) is 5.82 Å². The molecule has 0 saturated carbocycles. The molecular formula is C11H11F4NO. The summed E-state index contributed by atoms with van der Waals surface area (Å²) in [4.78, 5) is 0. The fourth-order valence-corrected chi connectivity index (χ4v) is 1.73. The number of nitrogens with one attached hydrogen (secondary N) is 1. The third kappa shape index (κ3) is 2.76. The summed E-state index contributed by atoms with van der Waals surface area (Å²) in [6.45, 7) is 1.30. The van der Waals surface area contributed by atoms with Crippen LogP contribution in [0.4, 0.5) is 17.6 Å². The second-order valence-corrected chi connectivity index (χ2v) is 3.80. The Kier molecular flexibility index (Phi) is 3.35. The van der Waals surface area contributed by atoms with Crippen molar-refractivity contribution in [3.8, 4) is 0 Å². The Morgan fingerprint density at radius 2 is 2.06 bits per heavy atom. The summed E-state index contributed by atoms with van der Waals surface area (Å²) in [6.07, 6.45) is -5.13. The lowest BCUT2D eigenvalue weighted by Crippen LogP contribution is -2.33. The van der Waals surface area contributed by atoms with Crippen molar-refractivity contribution in [3.63, 3.8) is 0 Å². The van der Waals surface area contributed by atoms with E-state index in [0.717, 1.165) is 18.2 Å². The SMILES string of the molecule is Fc1ccc(C(F)(F)F)cc1C1CNCCO1. The molecule has 6 heteroatoms. The highest BCUT2D eigenvalue weighted by molar-refractivity contribution is 5.29. The molecule has 1 fully saturated rings. The van der Waals surface area contributed by atoms with Gasteiger partial charge in [0, 0.05) is 18.7 Å². The van der Waals surface area contributed by atoms with Crippen molar-refractivity contribution in [2.75, 3.05) is 19.7 Å². The number of benzene rings is 1. The quantitative estimate of drug-likeness (QED) is 0.772. The minimum atomic E-state index is -4.47. The maximum atomic E-state index is 13.5. The molecule has 1 aliphatic rings. The molecule has 94 valence electrons. The largest absolute Gasteiger partial charge is 0.416 e. The summed E-state index contributed by atoms with van der Waals surface area (Å²) in [5.41, 5.74) is -0.907. The molecule has 0 aromatic heterocycles. The first-order valence-electron chi connectivity index (χ1n) is 5.17. The number of hydrogen-bond acceptors (Lipinski definition) is 2. The summed E-state index contributed by atoms with van der Waals surface area (Å²) in [6, 6.07) is 2.37. The van der Waals surface area contributed by atoms with E-state index in [2.05, 4.69) is 5.32 Å². The first-order valence-corrected chi connectivity index (χ1v) is 5.17. The Morgan fingerprint density at radius 3 is 2.65 bits per heavy atom. The van der Waals surface area contributed by atoms with Crippen LogP contribution in [0.15, 0.2) is 18.2 Å². The van der Waals surface area contributed by atoms with Gasteiger partial charge >= 0.3 is 6.18 Å². The molecule has 1 N–H and O–H groups in total. The van der Waals surface area contributed by atoms with Crippen molar-refractivity contribution in [2.45, 2.75) is 12.3 Å². The number of hydrogen-bond donors (Lipinski definition) is 1. The predicted molar refractivity (Wildman–Crippen MR) is 53.0 cm³/mol. The van der Waals surface area contributed by atoms with Gasteiger partial charge in [-0.2, -0.15) is 13.2 Å². The lowest BCUT2D eigenvalue weighted by molar-refractivity contribution is -0.137. The van der Waals surface area contributed by atoms with E-state index in [1.807, 2.05) is 0 Å². The van der Waals surface area contributed by atoms with E-state index < -0.39 is 23.7 Å². The Bertz CT molecular complexity index is 399. The summed E-state index contributed by atoms with van der Waals surface area (Å²) in [7, 11) is 0. The molecule has 0 aliphatic carbocycles. The predicted octanol–water partition coefficient (Wildman–Crippen LogP) is 2.51. The minimum Gasteiger partial charge on any atom is -0.371 e. The van der Waals surface area contributed by atoms with E-state index in [9.17, 15) is 17.6 Å². The minimum absolute atomic E-state index is 0.0491. The maximum Gasteiger partial charge on any atom is 0.416 e. The summed E-state index contributed by atoms with van der Waals surface area (Å²) >= 11 is 0. The fourth-order valence-electron chi connectivity index (χ4n) is 1.73. The van der Waals surface area contributed by atoms with Crippen LogP contribution in [-0.2, 0) is 10.9 Å². The van der Waals surface area contributed by atoms with Gasteiger partial charge in [0.2, 0.25) is 0 Å². The Morgan fingerprint density at radius 1 is 1.29 bits per heavy atom. The molecule has 1 aromatic carbocycles. The van der Waals surface area contributed by atoms with Gasteiger partial charge in [-0.3, -0.25) is 0 Å². The van der Waals surface area contributed by atoms with E-state index in [1.54, 1.807) is 0 Å². The van der Waals surface area contributed by atoms with Gasteiger partial charge in [-0.05, 0) is 18.2 Å². The highest BCUT2D eigenvalue weighted by Gasteiger charge is 2.32. The molecule has 17 heavy (non-hydrogen) atoms. The van der Waals surface area contributed by atoms with Gasteiger partial charge in [0.25, 0.3) is 0 Å². The molecule has 0 spiro atoms. The molecule has 1 saturated heterocycles. The number of alkyl halides is 3. The first-order chi connectivity index (χ1) is 7.98. The molecular weight excluding hydrogens is 238 g/mol. The van der Waals surface area contributed by atoms with E-state index in [-0.39, 0.29) is 5.56 Å². The second kappa shape index (κ2) is 4.62. The Hall–Kier alpha value is -1.14. The van der Waals surface area contributed by atoms with E-state index in [4.69, 9.17) is 4.74 Å². The number of halogens is 4. The number of rotatable bonds is 1. The van der Waals surface area contributed by atoms with Crippen molar-refractivity contribution in [3.05, 3.63) is 35.1 Å². The normalized spacial score (nSPS) is 21.5. The van der Waals surface area contributed by atoms with Crippen LogP contribution in [0.1, 0.15) is 17.2 Å². The van der Waals surface area contributed by atoms with Gasteiger partial charge < -0.3 is 10.1 Å². The van der Waals surface area contributed by atoms with Gasteiger partial charge in [0.15, 0.2) is 0 Å². The molecule has 2 rings (SSSR count). The third-order valence-corrected chi connectivity index (χ3v) is 2.60. The smallest absolute Gasteiger partial charge is 0.371 e. The molecule has 1 atom stereocenters. The van der Waals surface area contributed by atoms with E-state index in [0.29, 0.717) is 19.7 Å². The van der Waals surface area contributed by atoms with Crippen LogP contribution in [0.3, 0.4) is 0 Å². The van der Waals surface area contributed by atoms with Crippen LogP contribution in [0.2, 0.25) is 0 Å². The van der Waals surface area contributed by atoms with Gasteiger partial charge in [0.1, 0.15) is 5.82 Å². The van der Waals surface area contributed by atoms with E-state index in [1.165, 1.54) is 0 Å². The molecule has 1 aliphatic heterocycles. The van der Waals surface area contributed by atoms with Crippen molar-refractivity contribution in [2.24, 2.45) is 0 Å². The fraction of sp³-hybridized carbons (Fsp3) is 0.455. The Balaban J connectivity index is 2.31. The van der Waals surface area contributed by atoms with Crippen LogP contribution >= 0.6 is 0 Å². The van der Waals surface area contributed by atoms with Crippen molar-refractivity contribution < 1.29 is 22.3 Å². The molecule has 0 bridgehead atoms. The first kappa shape index (κ1) is 12.3. The lowest BCUT2D eigenvalue weighted by atomic mass is 10.0. The average Bonchev–Trinajstić information content (AvgIpc) is 2.29. The summed E-state index contributed by atoms with van der Waals surface area (Å²) in [5, 5.41) is 2.95. The van der Waals surface area contributed by atoms with Crippen molar-refractivity contribution in [1.82, 2.24) is 5.32 Å². The second-order valence-electron chi connectivity index (χ2n) is 3.80. The van der Waals surface area contributed by atoms with Gasteiger partial charge in [-0.1, -0.05) is 0 Å². The number of morpholine rings is 1. The van der Waals surface area contributed by atoms with Crippen LogP contribution < -0.4 is 5.32 Å². The van der Waals surface area contributed by atoms with Gasteiger partial charge in [-0.25, -0.2) is 4.39 Å². The molecule has 1 aromatic rings. The zero-order chi connectivity index (χ0) is 12.5. The van der Waals surface area contributed by atoms with Crippen molar-refractivity contribution in [1.29, 1.82) is 0 Å². The third-order valence-electron chi connectivity index (χ3n) is 2.60. The molecule has 1 unspecified atom stereocenters.